The first-order chi connectivity index (χ1) is 25.5. The zero-order chi connectivity index (χ0) is 38.6. The summed E-state index contributed by atoms with van der Waals surface area (Å²) in [6.45, 7) is 24.7. The van der Waals surface area contributed by atoms with Crippen LogP contribution in [0.25, 0.3) is 44.4 Å². The van der Waals surface area contributed by atoms with Crippen LogP contribution in [0.15, 0.2) is 103 Å². The number of hydrogen-bond donors (Lipinski definition) is 0. The number of benzene rings is 4. The van der Waals surface area contributed by atoms with Crippen LogP contribution in [0.5, 0.6) is 11.5 Å². The molecule has 7 rings (SSSR count). The average molecular weight is 717 g/mol. The van der Waals surface area contributed by atoms with Crippen LogP contribution >= 0.6 is 0 Å². The second-order valence-corrected chi connectivity index (χ2v) is 18.1. The number of ether oxygens (including phenoxy) is 1. The van der Waals surface area contributed by atoms with E-state index in [4.69, 9.17) is 14.8 Å². The quantitative estimate of drug-likeness (QED) is 0.157. The van der Waals surface area contributed by atoms with Crippen LogP contribution in [-0.4, -0.2) is 19.3 Å². The summed E-state index contributed by atoms with van der Waals surface area (Å²) in [5.41, 5.74) is 11.3. The molecule has 0 amide bonds. The van der Waals surface area contributed by atoms with Crippen LogP contribution in [0.2, 0.25) is 0 Å². The van der Waals surface area contributed by atoms with E-state index in [0.29, 0.717) is 0 Å². The number of rotatable bonds is 8. The first-order valence-corrected chi connectivity index (χ1v) is 19.6. The van der Waals surface area contributed by atoms with E-state index in [1.54, 1.807) is 0 Å². The molecule has 0 unspecified atom stereocenters. The molecule has 3 aromatic heterocycles. The number of pyridine rings is 1. The van der Waals surface area contributed by atoms with Crippen molar-refractivity contribution in [3.05, 3.63) is 131 Å². The van der Waals surface area contributed by atoms with Crippen molar-refractivity contribution in [2.45, 2.75) is 112 Å². The molecular formula is C49H56N4O. The highest BCUT2D eigenvalue weighted by Gasteiger charge is 2.33. The Morgan fingerprint density at radius 1 is 0.667 bits per heavy atom. The number of fused-ring (bicyclic) bond motifs is 3. The second-order valence-electron chi connectivity index (χ2n) is 18.1. The summed E-state index contributed by atoms with van der Waals surface area (Å²) in [7, 11) is 0. The smallest absolute Gasteiger partial charge is 0.137 e. The average Bonchev–Trinajstić information content (AvgIpc) is 3.68. The summed E-state index contributed by atoms with van der Waals surface area (Å²) in [6.07, 6.45) is 5.36. The molecule has 0 N–H and O–H groups in total. The topological polar surface area (TPSA) is 44.9 Å². The molecule has 7 aromatic rings. The molecule has 0 saturated heterocycles. The monoisotopic (exact) mass is 716 g/mol. The minimum absolute atomic E-state index is 0.00213. The van der Waals surface area contributed by atoms with Crippen LogP contribution in [0.4, 0.5) is 0 Å². The van der Waals surface area contributed by atoms with Crippen LogP contribution in [0.1, 0.15) is 110 Å². The number of aryl methyl sites for hydroxylation is 2. The first-order valence-electron chi connectivity index (χ1n) is 19.6. The third-order valence-corrected chi connectivity index (χ3v) is 10.3. The third kappa shape index (κ3) is 7.21. The fourth-order valence-electron chi connectivity index (χ4n) is 7.65. The highest BCUT2D eigenvalue weighted by molar-refractivity contribution is 6.09. The van der Waals surface area contributed by atoms with E-state index in [1.807, 2.05) is 6.20 Å². The van der Waals surface area contributed by atoms with Crippen LogP contribution in [0.3, 0.4) is 0 Å². The van der Waals surface area contributed by atoms with E-state index < -0.39 is 0 Å². The molecule has 0 saturated carbocycles. The van der Waals surface area contributed by atoms with Gasteiger partial charge in [-0.15, -0.1) is 0 Å². The zero-order valence-corrected chi connectivity index (χ0v) is 34.1. The van der Waals surface area contributed by atoms with E-state index >= 15 is 0 Å². The van der Waals surface area contributed by atoms with Crippen molar-refractivity contribution >= 4 is 21.8 Å². The summed E-state index contributed by atoms with van der Waals surface area (Å²) < 4.78 is 11.3. The van der Waals surface area contributed by atoms with Gasteiger partial charge in [0.15, 0.2) is 0 Å². The molecule has 0 spiro atoms. The maximum Gasteiger partial charge on any atom is 0.137 e. The van der Waals surface area contributed by atoms with Crippen LogP contribution < -0.4 is 4.74 Å². The summed E-state index contributed by atoms with van der Waals surface area (Å²) in [6, 6.07) is 34.9. The molecule has 278 valence electrons. The highest BCUT2D eigenvalue weighted by atomic mass is 16.5. The standard InChI is InChI=1S/C49H56N4O/c1-12-13-17-33-20-23-41-40(28-33)39-22-21-37(31-42(39)52(41)43-29-35(24-25-50-43)47(3,4)5)54-38-27-32(2)26-36(30-38)53-46(49(9,10)11)44(34-18-15-14-16-19-34)45(51-53)48(6,7)8/h14-16,18-31H,12-13,17H2,1-11H3. The minimum Gasteiger partial charge on any atom is -0.457 e. The van der Waals surface area contributed by atoms with Crippen molar-refractivity contribution < 1.29 is 4.74 Å². The molecule has 0 bridgehead atoms. The molecule has 5 heteroatoms. The molecule has 0 aliphatic heterocycles. The van der Waals surface area contributed by atoms with Crippen molar-refractivity contribution in [1.29, 1.82) is 0 Å². The van der Waals surface area contributed by atoms with Gasteiger partial charge in [-0.2, -0.15) is 5.10 Å². The maximum atomic E-state index is 6.81. The van der Waals surface area contributed by atoms with Gasteiger partial charge >= 0.3 is 0 Å². The van der Waals surface area contributed by atoms with E-state index in [2.05, 4.69) is 182 Å². The van der Waals surface area contributed by atoms with E-state index in [1.165, 1.54) is 51.6 Å². The largest absolute Gasteiger partial charge is 0.457 e. The van der Waals surface area contributed by atoms with Gasteiger partial charge in [-0.3, -0.25) is 4.57 Å². The Kier molecular flexibility index (Phi) is 9.58. The molecule has 3 heterocycles. The molecule has 54 heavy (non-hydrogen) atoms. The Labute approximate surface area is 322 Å². The van der Waals surface area contributed by atoms with E-state index in [0.717, 1.165) is 51.7 Å². The van der Waals surface area contributed by atoms with Crippen molar-refractivity contribution in [2.24, 2.45) is 0 Å². The fourth-order valence-corrected chi connectivity index (χ4v) is 7.65. The molecule has 0 atom stereocenters. The highest BCUT2D eigenvalue weighted by Crippen LogP contribution is 2.43. The van der Waals surface area contributed by atoms with Gasteiger partial charge in [-0.25, -0.2) is 9.67 Å². The van der Waals surface area contributed by atoms with Crippen molar-refractivity contribution in [2.75, 3.05) is 0 Å². The van der Waals surface area contributed by atoms with Crippen molar-refractivity contribution in [3.63, 3.8) is 0 Å². The van der Waals surface area contributed by atoms with Gasteiger partial charge in [0, 0.05) is 45.5 Å². The number of aromatic nitrogens is 4. The zero-order valence-electron chi connectivity index (χ0n) is 34.1. The van der Waals surface area contributed by atoms with Gasteiger partial charge < -0.3 is 4.74 Å². The van der Waals surface area contributed by atoms with Gasteiger partial charge in [-0.1, -0.05) is 112 Å². The third-order valence-electron chi connectivity index (χ3n) is 10.3. The molecule has 5 nitrogen and oxygen atoms in total. The lowest BCUT2D eigenvalue weighted by molar-refractivity contribution is 0.481. The van der Waals surface area contributed by atoms with Gasteiger partial charge in [0.1, 0.15) is 17.3 Å². The Morgan fingerprint density at radius 2 is 1.43 bits per heavy atom. The lowest BCUT2D eigenvalue weighted by Gasteiger charge is -2.24. The van der Waals surface area contributed by atoms with Gasteiger partial charge in [0.25, 0.3) is 0 Å². The van der Waals surface area contributed by atoms with Crippen molar-refractivity contribution in [1.82, 2.24) is 19.3 Å². The SMILES string of the molecule is CCCCc1ccc2c(c1)c1ccc(Oc3cc(C)cc(-n4nc(C(C)(C)C)c(-c5ccccc5)c4C(C)(C)C)c3)cc1n2-c1cc(C(C)(C)C)ccn1. The Balaban J connectivity index is 1.37. The predicted molar refractivity (Wildman–Crippen MR) is 227 cm³/mol. The predicted octanol–water partition coefficient (Wildman–Crippen LogP) is 13.4. The molecule has 0 aliphatic rings. The van der Waals surface area contributed by atoms with Crippen LogP contribution in [0, 0.1) is 6.92 Å². The summed E-state index contributed by atoms with van der Waals surface area (Å²) in [4.78, 5) is 4.93. The first kappa shape index (κ1) is 37.2. The number of hydrogen-bond acceptors (Lipinski definition) is 3. The Hall–Kier alpha value is -5.16. The lowest BCUT2D eigenvalue weighted by Crippen LogP contribution is -2.18. The molecule has 0 fully saturated rings. The summed E-state index contributed by atoms with van der Waals surface area (Å²) >= 11 is 0. The van der Waals surface area contributed by atoms with Crippen LogP contribution in [-0.2, 0) is 22.7 Å². The summed E-state index contributed by atoms with van der Waals surface area (Å²) in [5, 5.41) is 7.83. The summed E-state index contributed by atoms with van der Waals surface area (Å²) in [5.74, 6) is 2.46. The van der Waals surface area contributed by atoms with E-state index in [9.17, 15) is 0 Å². The van der Waals surface area contributed by atoms with E-state index in [-0.39, 0.29) is 16.2 Å². The molecule has 0 radical (unpaired) electrons. The normalized spacial score (nSPS) is 12.6. The maximum absolute atomic E-state index is 6.81. The lowest BCUT2D eigenvalue weighted by atomic mass is 9.81. The molecular weight excluding hydrogens is 661 g/mol. The van der Waals surface area contributed by atoms with Gasteiger partial charge in [-0.05, 0) is 96.0 Å². The van der Waals surface area contributed by atoms with Gasteiger partial charge in [0.05, 0.1) is 28.1 Å². The van der Waals surface area contributed by atoms with Crippen molar-refractivity contribution in [3.8, 4) is 34.1 Å². The number of nitrogens with zero attached hydrogens (tertiary/aromatic N) is 4. The fraction of sp³-hybridized carbons (Fsp3) is 0.347. The number of unbranched alkanes of at least 4 members (excludes halogenated alkanes) is 1. The Bertz CT molecular complexity index is 2460. The minimum atomic E-state index is -0.181. The van der Waals surface area contributed by atoms with Gasteiger partial charge in [0.2, 0.25) is 0 Å². The molecule has 0 aliphatic carbocycles. The Morgan fingerprint density at radius 3 is 2.11 bits per heavy atom. The molecule has 4 aromatic carbocycles. The second kappa shape index (κ2) is 13.9.